The maximum Gasteiger partial charge on any atom is 0.224 e. The standard InChI is InChI=1S/C6H9N3OS/c7-2-4-3-11-6(9-4)1-5(8)10/h3H,1-2,7H2,(H2,8,10). The summed E-state index contributed by atoms with van der Waals surface area (Å²) in [6.45, 7) is 0.412. The molecule has 0 saturated heterocycles. The lowest BCUT2D eigenvalue weighted by atomic mass is 10.4. The number of nitrogens with zero attached hydrogens (tertiary/aromatic N) is 1. The van der Waals surface area contributed by atoms with Crippen LogP contribution in [-0.2, 0) is 17.8 Å². The lowest BCUT2D eigenvalue weighted by Gasteiger charge is -1.87. The van der Waals surface area contributed by atoms with Crippen LogP contribution in [0, 0.1) is 0 Å². The van der Waals surface area contributed by atoms with Crippen molar-refractivity contribution in [1.82, 2.24) is 4.98 Å². The molecule has 1 aromatic heterocycles. The van der Waals surface area contributed by atoms with E-state index in [0.29, 0.717) is 6.54 Å². The third kappa shape index (κ3) is 2.28. The topological polar surface area (TPSA) is 82.0 Å². The van der Waals surface area contributed by atoms with Crippen molar-refractivity contribution in [2.45, 2.75) is 13.0 Å². The molecule has 0 atom stereocenters. The number of hydrogen-bond acceptors (Lipinski definition) is 4. The molecule has 11 heavy (non-hydrogen) atoms. The van der Waals surface area contributed by atoms with E-state index in [9.17, 15) is 4.79 Å². The number of carbonyl (C=O) groups is 1. The summed E-state index contributed by atoms with van der Waals surface area (Å²) in [6, 6.07) is 0. The molecular weight excluding hydrogens is 162 g/mol. The number of carbonyl (C=O) groups excluding carboxylic acids is 1. The molecule has 4 N–H and O–H groups in total. The molecule has 0 radical (unpaired) electrons. The van der Waals surface area contributed by atoms with E-state index in [4.69, 9.17) is 11.5 Å². The fourth-order valence-corrected chi connectivity index (χ4v) is 1.49. The molecule has 0 aliphatic heterocycles. The lowest BCUT2D eigenvalue weighted by Crippen LogP contribution is -2.13. The van der Waals surface area contributed by atoms with Crippen LogP contribution < -0.4 is 11.5 Å². The summed E-state index contributed by atoms with van der Waals surface area (Å²) < 4.78 is 0. The summed E-state index contributed by atoms with van der Waals surface area (Å²) in [5.41, 5.74) is 11.1. The number of nitrogens with two attached hydrogens (primary N) is 2. The van der Waals surface area contributed by atoms with E-state index in [1.807, 2.05) is 5.38 Å². The van der Waals surface area contributed by atoms with Gasteiger partial charge in [-0.15, -0.1) is 11.3 Å². The molecule has 0 aromatic carbocycles. The van der Waals surface area contributed by atoms with Crippen molar-refractivity contribution in [2.75, 3.05) is 0 Å². The molecule has 0 aliphatic carbocycles. The molecule has 0 unspecified atom stereocenters. The van der Waals surface area contributed by atoms with Gasteiger partial charge in [0.15, 0.2) is 0 Å². The van der Waals surface area contributed by atoms with Crippen molar-refractivity contribution < 1.29 is 4.79 Å². The zero-order chi connectivity index (χ0) is 8.27. The van der Waals surface area contributed by atoms with E-state index < -0.39 is 0 Å². The predicted molar refractivity (Wildman–Crippen MR) is 42.9 cm³/mol. The molecule has 5 heteroatoms. The molecular formula is C6H9N3OS. The van der Waals surface area contributed by atoms with E-state index in [1.54, 1.807) is 0 Å². The molecule has 4 nitrogen and oxygen atoms in total. The quantitative estimate of drug-likeness (QED) is 0.651. The molecule has 1 rings (SSSR count). The van der Waals surface area contributed by atoms with Crippen LogP contribution in [0.25, 0.3) is 0 Å². The first-order chi connectivity index (χ1) is 5.22. The smallest absolute Gasteiger partial charge is 0.224 e. The normalized spacial score (nSPS) is 9.91. The van der Waals surface area contributed by atoms with E-state index in [2.05, 4.69) is 4.98 Å². The van der Waals surface area contributed by atoms with Crippen LogP contribution in [0.2, 0.25) is 0 Å². The van der Waals surface area contributed by atoms with Gasteiger partial charge in [-0.05, 0) is 0 Å². The summed E-state index contributed by atoms with van der Waals surface area (Å²) in [5, 5.41) is 2.57. The van der Waals surface area contributed by atoms with Gasteiger partial charge in [0.05, 0.1) is 12.1 Å². The highest BCUT2D eigenvalue weighted by molar-refractivity contribution is 7.09. The van der Waals surface area contributed by atoms with E-state index in [-0.39, 0.29) is 12.3 Å². The van der Waals surface area contributed by atoms with Gasteiger partial charge in [0.2, 0.25) is 5.91 Å². The second-order valence-electron chi connectivity index (χ2n) is 2.08. The largest absolute Gasteiger partial charge is 0.369 e. The van der Waals surface area contributed by atoms with Gasteiger partial charge in [0.25, 0.3) is 0 Å². The van der Waals surface area contributed by atoms with Gasteiger partial charge in [0, 0.05) is 11.9 Å². The average molecular weight is 171 g/mol. The lowest BCUT2D eigenvalue weighted by molar-refractivity contribution is -0.117. The summed E-state index contributed by atoms with van der Waals surface area (Å²) in [6.07, 6.45) is 0.213. The van der Waals surface area contributed by atoms with Crippen LogP contribution in [-0.4, -0.2) is 10.9 Å². The zero-order valence-corrected chi connectivity index (χ0v) is 6.73. The number of amides is 1. The second-order valence-corrected chi connectivity index (χ2v) is 3.02. The molecule has 1 aromatic rings. The van der Waals surface area contributed by atoms with Crippen LogP contribution in [0.3, 0.4) is 0 Å². The zero-order valence-electron chi connectivity index (χ0n) is 5.91. The maximum atomic E-state index is 10.4. The Labute approximate surface area is 68.2 Å². The SMILES string of the molecule is NCc1csc(CC(N)=O)n1. The highest BCUT2D eigenvalue weighted by Crippen LogP contribution is 2.08. The van der Waals surface area contributed by atoms with Crippen molar-refractivity contribution in [1.29, 1.82) is 0 Å². The van der Waals surface area contributed by atoms with E-state index >= 15 is 0 Å². The molecule has 0 saturated carbocycles. The Morgan fingerprint density at radius 1 is 1.73 bits per heavy atom. The van der Waals surface area contributed by atoms with Crippen molar-refractivity contribution >= 4 is 17.2 Å². The summed E-state index contributed by atoms with van der Waals surface area (Å²) in [4.78, 5) is 14.5. The summed E-state index contributed by atoms with van der Waals surface area (Å²) >= 11 is 1.41. The predicted octanol–water partition coefficient (Wildman–Crippen LogP) is -0.370. The van der Waals surface area contributed by atoms with Gasteiger partial charge < -0.3 is 11.5 Å². The van der Waals surface area contributed by atoms with Gasteiger partial charge in [-0.1, -0.05) is 0 Å². The minimum Gasteiger partial charge on any atom is -0.369 e. The van der Waals surface area contributed by atoms with Crippen LogP contribution in [0.1, 0.15) is 10.7 Å². The van der Waals surface area contributed by atoms with Gasteiger partial charge in [-0.2, -0.15) is 0 Å². The number of thiazole rings is 1. The van der Waals surface area contributed by atoms with Gasteiger partial charge in [-0.3, -0.25) is 4.79 Å². The first-order valence-corrected chi connectivity index (χ1v) is 4.02. The van der Waals surface area contributed by atoms with E-state index in [0.717, 1.165) is 10.7 Å². The Bertz CT molecular complexity index is 258. The summed E-state index contributed by atoms with van der Waals surface area (Å²) in [7, 11) is 0. The van der Waals surface area contributed by atoms with E-state index in [1.165, 1.54) is 11.3 Å². The fraction of sp³-hybridized carbons (Fsp3) is 0.333. The average Bonchev–Trinajstić information content (AvgIpc) is 2.34. The highest BCUT2D eigenvalue weighted by Gasteiger charge is 2.02. The van der Waals surface area contributed by atoms with Crippen molar-refractivity contribution in [2.24, 2.45) is 11.5 Å². The third-order valence-corrected chi connectivity index (χ3v) is 2.03. The Balaban J connectivity index is 2.65. The second kappa shape index (κ2) is 3.45. The Hall–Kier alpha value is -0.940. The van der Waals surface area contributed by atoms with Crippen molar-refractivity contribution in [3.63, 3.8) is 0 Å². The molecule has 0 spiro atoms. The maximum absolute atomic E-state index is 10.4. The number of rotatable bonds is 3. The molecule has 0 bridgehead atoms. The third-order valence-electron chi connectivity index (χ3n) is 1.13. The number of aromatic nitrogens is 1. The van der Waals surface area contributed by atoms with Crippen LogP contribution in [0.5, 0.6) is 0 Å². The minimum absolute atomic E-state index is 0.213. The molecule has 1 heterocycles. The first kappa shape index (κ1) is 8.16. The number of hydrogen-bond donors (Lipinski definition) is 2. The highest BCUT2D eigenvalue weighted by atomic mass is 32.1. The van der Waals surface area contributed by atoms with Gasteiger partial charge in [0.1, 0.15) is 5.01 Å². The van der Waals surface area contributed by atoms with Crippen LogP contribution in [0.15, 0.2) is 5.38 Å². The summed E-state index contributed by atoms with van der Waals surface area (Å²) in [5.74, 6) is -0.358. The number of primary amides is 1. The Morgan fingerprint density at radius 3 is 2.91 bits per heavy atom. The van der Waals surface area contributed by atoms with Crippen LogP contribution >= 0.6 is 11.3 Å². The first-order valence-electron chi connectivity index (χ1n) is 3.14. The molecule has 1 amide bonds. The molecule has 0 aliphatic rings. The van der Waals surface area contributed by atoms with Crippen molar-refractivity contribution in [3.8, 4) is 0 Å². The Morgan fingerprint density at radius 2 is 2.45 bits per heavy atom. The monoisotopic (exact) mass is 171 g/mol. The molecule has 60 valence electrons. The Kier molecular flexibility index (Phi) is 2.56. The van der Waals surface area contributed by atoms with Crippen molar-refractivity contribution in [3.05, 3.63) is 16.1 Å². The van der Waals surface area contributed by atoms with Gasteiger partial charge >= 0.3 is 0 Å². The van der Waals surface area contributed by atoms with Crippen LogP contribution in [0.4, 0.5) is 0 Å². The minimum atomic E-state index is -0.358. The fourth-order valence-electron chi connectivity index (χ4n) is 0.673. The molecule has 0 fully saturated rings. The van der Waals surface area contributed by atoms with Gasteiger partial charge in [-0.25, -0.2) is 4.98 Å².